The minimum atomic E-state index is -4.79. The number of benzene rings is 2. The van der Waals surface area contributed by atoms with E-state index >= 15 is 0 Å². The van der Waals surface area contributed by atoms with Gasteiger partial charge in [0.2, 0.25) is 0 Å². The number of hydrogen-bond acceptors (Lipinski definition) is 3. The summed E-state index contributed by atoms with van der Waals surface area (Å²) in [6.45, 7) is 4.60. The van der Waals surface area contributed by atoms with Gasteiger partial charge in [-0.15, -0.1) is 13.2 Å². The van der Waals surface area contributed by atoms with Crippen molar-refractivity contribution in [3.8, 4) is 11.5 Å². The molecule has 1 heterocycles. The molecule has 0 aliphatic heterocycles. The molecule has 1 aromatic heterocycles. The molecule has 0 aliphatic rings. The molecule has 154 valence electrons. The van der Waals surface area contributed by atoms with Gasteiger partial charge in [0.25, 0.3) is 0 Å². The van der Waals surface area contributed by atoms with Gasteiger partial charge in [0.05, 0.1) is 18.7 Å². The van der Waals surface area contributed by atoms with Crippen LogP contribution in [-0.4, -0.2) is 28.6 Å². The third kappa shape index (κ3) is 5.22. The summed E-state index contributed by atoms with van der Waals surface area (Å²) in [6.07, 6.45) is -3.04. The van der Waals surface area contributed by atoms with Crippen LogP contribution in [0.15, 0.2) is 48.7 Å². The smallest absolute Gasteiger partial charge is 0.493 e. The number of carboxylic acid groups (broad SMARTS) is 1. The maximum absolute atomic E-state index is 12.6. The minimum Gasteiger partial charge on any atom is -0.493 e. The molecule has 0 spiro atoms. The van der Waals surface area contributed by atoms with Crippen LogP contribution < -0.4 is 9.47 Å². The molecule has 0 fully saturated rings. The highest BCUT2D eigenvalue weighted by atomic mass is 19.4. The summed E-state index contributed by atoms with van der Waals surface area (Å²) >= 11 is 0. The summed E-state index contributed by atoms with van der Waals surface area (Å²) in [5.74, 6) is -0.636. The van der Waals surface area contributed by atoms with Crippen molar-refractivity contribution in [3.05, 3.63) is 59.8 Å². The van der Waals surface area contributed by atoms with Crippen molar-refractivity contribution in [2.75, 3.05) is 6.61 Å². The summed E-state index contributed by atoms with van der Waals surface area (Å²) in [6, 6.07) is 10.5. The summed E-state index contributed by atoms with van der Waals surface area (Å²) in [5, 5.41) is 9.84. The molecule has 0 aliphatic carbocycles. The average Bonchev–Trinajstić information content (AvgIpc) is 3.01. The fraction of sp³-hybridized carbons (Fsp3) is 0.286. The lowest BCUT2D eigenvalue weighted by molar-refractivity contribution is -0.274. The van der Waals surface area contributed by atoms with E-state index in [1.54, 1.807) is 24.4 Å². The number of hydrogen-bond donors (Lipinski definition) is 1. The van der Waals surface area contributed by atoms with Crippen molar-refractivity contribution >= 4 is 16.9 Å². The van der Waals surface area contributed by atoms with Crippen LogP contribution >= 0.6 is 0 Å². The van der Waals surface area contributed by atoms with E-state index in [-0.39, 0.29) is 23.8 Å². The highest BCUT2D eigenvalue weighted by Crippen LogP contribution is 2.30. The van der Waals surface area contributed by atoms with E-state index in [1.807, 2.05) is 18.4 Å². The van der Waals surface area contributed by atoms with Gasteiger partial charge >= 0.3 is 12.3 Å². The number of aromatic nitrogens is 1. The van der Waals surface area contributed by atoms with E-state index in [4.69, 9.17) is 9.84 Å². The number of halogens is 3. The number of rotatable bonds is 7. The SMILES string of the molecule is CC(C)COc1ccc(OC(F)(F)F)cc1Cn1ccc2cc(C(=O)O)ccc21. The first-order valence-corrected chi connectivity index (χ1v) is 8.96. The molecule has 0 radical (unpaired) electrons. The Morgan fingerprint density at radius 1 is 1.14 bits per heavy atom. The Kier molecular flexibility index (Phi) is 5.72. The number of nitrogens with zero attached hydrogens (tertiary/aromatic N) is 1. The first kappa shape index (κ1) is 20.6. The average molecular weight is 407 g/mol. The Bertz CT molecular complexity index is 1020. The lowest BCUT2D eigenvalue weighted by Crippen LogP contribution is -2.17. The van der Waals surface area contributed by atoms with Crippen molar-refractivity contribution < 1.29 is 32.5 Å². The van der Waals surface area contributed by atoms with E-state index in [9.17, 15) is 18.0 Å². The van der Waals surface area contributed by atoms with Gasteiger partial charge in [0.1, 0.15) is 11.5 Å². The predicted octanol–water partition coefficient (Wildman–Crippen LogP) is 5.32. The lowest BCUT2D eigenvalue weighted by Gasteiger charge is -2.16. The molecule has 8 heteroatoms. The quantitative estimate of drug-likeness (QED) is 0.576. The predicted molar refractivity (Wildman–Crippen MR) is 101 cm³/mol. The first-order chi connectivity index (χ1) is 13.6. The Labute approximate surface area is 165 Å². The maximum Gasteiger partial charge on any atom is 0.573 e. The molecule has 0 unspecified atom stereocenters. The largest absolute Gasteiger partial charge is 0.573 e. The monoisotopic (exact) mass is 407 g/mol. The normalized spacial score (nSPS) is 11.8. The highest BCUT2D eigenvalue weighted by Gasteiger charge is 2.31. The van der Waals surface area contributed by atoms with Gasteiger partial charge in [0.15, 0.2) is 0 Å². The topological polar surface area (TPSA) is 60.7 Å². The molecule has 29 heavy (non-hydrogen) atoms. The van der Waals surface area contributed by atoms with Gasteiger partial charge in [-0.05, 0) is 48.4 Å². The van der Waals surface area contributed by atoms with E-state index < -0.39 is 12.3 Å². The van der Waals surface area contributed by atoms with Crippen LogP contribution in [0.2, 0.25) is 0 Å². The first-order valence-electron chi connectivity index (χ1n) is 8.96. The molecule has 0 saturated heterocycles. The molecule has 0 atom stereocenters. The Morgan fingerprint density at radius 3 is 2.55 bits per heavy atom. The summed E-state index contributed by atoms with van der Waals surface area (Å²) in [4.78, 5) is 11.1. The number of aromatic carboxylic acids is 1. The van der Waals surface area contributed by atoms with Gasteiger partial charge in [0, 0.05) is 22.7 Å². The number of fused-ring (bicyclic) bond motifs is 1. The standard InChI is InChI=1S/C21H20F3NO4/c1-13(2)12-28-19-6-4-17(29-21(22,23)24)10-16(19)11-25-8-7-14-9-15(20(26)27)3-5-18(14)25/h3-10,13H,11-12H2,1-2H3,(H,26,27). The zero-order valence-electron chi connectivity index (χ0n) is 15.9. The third-order valence-electron chi connectivity index (χ3n) is 4.20. The van der Waals surface area contributed by atoms with Crippen LogP contribution in [0.3, 0.4) is 0 Å². The van der Waals surface area contributed by atoms with Gasteiger partial charge < -0.3 is 19.1 Å². The molecule has 0 bridgehead atoms. The van der Waals surface area contributed by atoms with Crippen LogP contribution in [0.1, 0.15) is 29.8 Å². The van der Waals surface area contributed by atoms with E-state index in [0.29, 0.717) is 17.9 Å². The van der Waals surface area contributed by atoms with Crippen LogP contribution in [0.25, 0.3) is 10.9 Å². The van der Waals surface area contributed by atoms with Crippen LogP contribution in [0.5, 0.6) is 11.5 Å². The summed E-state index contributed by atoms with van der Waals surface area (Å²) in [7, 11) is 0. The molecule has 3 aromatic rings. The summed E-state index contributed by atoms with van der Waals surface area (Å²) in [5.41, 5.74) is 1.44. The molecule has 3 rings (SSSR count). The lowest BCUT2D eigenvalue weighted by atomic mass is 10.1. The van der Waals surface area contributed by atoms with Crippen LogP contribution in [0, 0.1) is 5.92 Å². The molecular weight excluding hydrogens is 387 g/mol. The van der Waals surface area contributed by atoms with Crippen molar-refractivity contribution in [3.63, 3.8) is 0 Å². The van der Waals surface area contributed by atoms with Crippen molar-refractivity contribution in [1.29, 1.82) is 0 Å². The zero-order chi connectivity index (χ0) is 21.2. The zero-order valence-corrected chi connectivity index (χ0v) is 15.9. The second-order valence-corrected chi connectivity index (χ2v) is 7.04. The minimum absolute atomic E-state index is 0.164. The number of ether oxygens (including phenoxy) is 2. The Morgan fingerprint density at radius 2 is 1.90 bits per heavy atom. The van der Waals surface area contributed by atoms with Gasteiger partial charge in [-0.2, -0.15) is 0 Å². The highest BCUT2D eigenvalue weighted by molar-refractivity contribution is 5.93. The maximum atomic E-state index is 12.6. The fourth-order valence-electron chi connectivity index (χ4n) is 2.93. The van der Waals surface area contributed by atoms with E-state index in [1.165, 1.54) is 24.3 Å². The van der Waals surface area contributed by atoms with Gasteiger partial charge in [-0.1, -0.05) is 13.8 Å². The fourth-order valence-corrected chi connectivity index (χ4v) is 2.93. The molecule has 1 N–H and O–H groups in total. The van der Waals surface area contributed by atoms with Crippen molar-refractivity contribution in [1.82, 2.24) is 4.57 Å². The second-order valence-electron chi connectivity index (χ2n) is 7.04. The molecular formula is C21H20F3NO4. The molecule has 2 aromatic carbocycles. The number of alkyl halides is 3. The van der Waals surface area contributed by atoms with Gasteiger partial charge in [-0.3, -0.25) is 0 Å². The van der Waals surface area contributed by atoms with Crippen LogP contribution in [-0.2, 0) is 6.54 Å². The molecule has 0 amide bonds. The van der Waals surface area contributed by atoms with Crippen molar-refractivity contribution in [2.24, 2.45) is 5.92 Å². The van der Waals surface area contributed by atoms with Crippen LogP contribution in [0.4, 0.5) is 13.2 Å². The number of carbonyl (C=O) groups is 1. The molecule has 0 saturated carbocycles. The van der Waals surface area contributed by atoms with Gasteiger partial charge in [-0.25, -0.2) is 4.79 Å². The Hall–Kier alpha value is -3.16. The molecule has 5 nitrogen and oxygen atoms in total. The van der Waals surface area contributed by atoms with E-state index in [2.05, 4.69) is 4.74 Å². The Balaban J connectivity index is 1.95. The van der Waals surface area contributed by atoms with Crippen molar-refractivity contribution in [2.45, 2.75) is 26.8 Å². The van der Waals surface area contributed by atoms with E-state index in [0.717, 1.165) is 10.9 Å². The summed E-state index contributed by atoms with van der Waals surface area (Å²) < 4.78 is 49.5. The second kappa shape index (κ2) is 8.06. The third-order valence-corrected chi connectivity index (χ3v) is 4.20. The number of carboxylic acids is 1.